The normalized spacial score (nSPS) is 10.7. The molecule has 9 heteroatoms. The van der Waals surface area contributed by atoms with Crippen molar-refractivity contribution >= 4 is 57.3 Å². The monoisotopic (exact) mass is 544 g/mol. The van der Waals surface area contributed by atoms with Gasteiger partial charge in [-0.1, -0.05) is 60.7 Å². The van der Waals surface area contributed by atoms with Gasteiger partial charge in [-0.15, -0.1) is 23.1 Å². The first-order chi connectivity index (χ1) is 18.5. The molecule has 0 aliphatic heterocycles. The van der Waals surface area contributed by atoms with Crippen LogP contribution in [0.25, 0.3) is 0 Å². The van der Waals surface area contributed by atoms with Crippen molar-refractivity contribution < 1.29 is 14.4 Å². The third-order valence-electron chi connectivity index (χ3n) is 5.56. The molecule has 1 aromatic heterocycles. The minimum Gasteiger partial charge on any atom is -0.326 e. The number of aromatic nitrogens is 1. The average Bonchev–Trinajstić information content (AvgIpc) is 3.36. The molecule has 4 aromatic rings. The second-order valence-corrected chi connectivity index (χ2v) is 10.4. The van der Waals surface area contributed by atoms with E-state index in [2.05, 4.69) is 20.9 Å². The predicted octanol–water partition coefficient (Wildman–Crippen LogP) is 6.13. The highest BCUT2D eigenvalue weighted by Crippen LogP contribution is 2.29. The Bertz CT molecular complexity index is 1320. The zero-order valence-electron chi connectivity index (χ0n) is 20.8. The number of amides is 3. The van der Waals surface area contributed by atoms with Crippen LogP contribution in [0.5, 0.6) is 0 Å². The van der Waals surface area contributed by atoms with Crippen molar-refractivity contribution in [3.05, 3.63) is 107 Å². The van der Waals surface area contributed by atoms with Gasteiger partial charge in [0.15, 0.2) is 5.13 Å². The van der Waals surface area contributed by atoms with Crippen LogP contribution in [0.15, 0.2) is 90.3 Å². The van der Waals surface area contributed by atoms with Crippen LogP contribution in [-0.4, -0.2) is 28.5 Å². The number of hydrogen-bond acceptors (Lipinski definition) is 6. The lowest BCUT2D eigenvalue weighted by Crippen LogP contribution is -2.16. The molecule has 0 atom stereocenters. The zero-order chi connectivity index (χ0) is 26.7. The van der Waals surface area contributed by atoms with E-state index in [0.29, 0.717) is 28.7 Å². The molecular weight excluding hydrogens is 516 g/mol. The first-order valence-electron chi connectivity index (χ1n) is 12.1. The minimum absolute atomic E-state index is 0.0486. The van der Waals surface area contributed by atoms with Gasteiger partial charge in [0.2, 0.25) is 17.7 Å². The van der Waals surface area contributed by atoms with Gasteiger partial charge in [-0.05, 0) is 35.4 Å². The fourth-order valence-electron chi connectivity index (χ4n) is 3.87. The van der Waals surface area contributed by atoms with E-state index in [4.69, 9.17) is 0 Å². The second kappa shape index (κ2) is 13.6. The summed E-state index contributed by atoms with van der Waals surface area (Å²) in [6, 6.07) is 27.0. The van der Waals surface area contributed by atoms with Crippen molar-refractivity contribution in [2.45, 2.75) is 25.0 Å². The number of nitrogens with one attached hydrogen (secondary N) is 3. The van der Waals surface area contributed by atoms with Gasteiger partial charge < -0.3 is 16.0 Å². The van der Waals surface area contributed by atoms with Crippen LogP contribution >= 0.6 is 23.1 Å². The van der Waals surface area contributed by atoms with E-state index in [1.54, 1.807) is 24.3 Å². The van der Waals surface area contributed by atoms with E-state index in [1.165, 1.54) is 30.0 Å². The van der Waals surface area contributed by atoms with Crippen molar-refractivity contribution in [3.63, 3.8) is 0 Å². The summed E-state index contributed by atoms with van der Waals surface area (Å²) < 4.78 is 0. The summed E-state index contributed by atoms with van der Waals surface area (Å²) in [5.41, 5.74) is 4.32. The van der Waals surface area contributed by atoms with Crippen LogP contribution in [0.3, 0.4) is 0 Å². The van der Waals surface area contributed by atoms with Gasteiger partial charge >= 0.3 is 0 Å². The van der Waals surface area contributed by atoms with Gasteiger partial charge in [0, 0.05) is 41.8 Å². The minimum atomic E-state index is -0.147. The van der Waals surface area contributed by atoms with Gasteiger partial charge in [0.25, 0.3) is 0 Å². The highest BCUT2D eigenvalue weighted by atomic mass is 32.2. The molecule has 38 heavy (non-hydrogen) atoms. The summed E-state index contributed by atoms with van der Waals surface area (Å²) in [4.78, 5) is 40.8. The molecule has 0 spiro atoms. The Morgan fingerprint density at radius 1 is 0.789 bits per heavy atom. The van der Waals surface area contributed by atoms with Crippen molar-refractivity contribution in [1.29, 1.82) is 0 Å². The Morgan fingerprint density at radius 2 is 1.37 bits per heavy atom. The van der Waals surface area contributed by atoms with E-state index in [-0.39, 0.29) is 29.4 Å². The van der Waals surface area contributed by atoms with Crippen LogP contribution in [0.2, 0.25) is 0 Å². The first-order valence-corrected chi connectivity index (χ1v) is 14.1. The summed E-state index contributed by atoms with van der Waals surface area (Å²) in [5, 5.41) is 10.9. The Morgan fingerprint density at radius 3 is 1.95 bits per heavy atom. The number of thioether (sulfide) groups is 1. The van der Waals surface area contributed by atoms with Gasteiger partial charge in [-0.2, -0.15) is 0 Å². The number of carbonyl (C=O) groups is 3. The van der Waals surface area contributed by atoms with Crippen molar-refractivity contribution in [2.24, 2.45) is 0 Å². The topological polar surface area (TPSA) is 100 Å². The van der Waals surface area contributed by atoms with Crippen LogP contribution in [0.1, 0.15) is 36.1 Å². The maximum Gasteiger partial charge on any atom is 0.234 e. The highest BCUT2D eigenvalue weighted by molar-refractivity contribution is 7.99. The molecule has 7 nitrogen and oxygen atoms in total. The Kier molecular flexibility index (Phi) is 9.66. The van der Waals surface area contributed by atoms with Crippen LogP contribution in [-0.2, 0) is 20.1 Å². The maximum absolute atomic E-state index is 12.9. The van der Waals surface area contributed by atoms with Crippen LogP contribution in [0.4, 0.5) is 16.5 Å². The number of benzene rings is 3. The number of anilines is 3. The fourth-order valence-corrected chi connectivity index (χ4v) is 5.42. The number of thiazole rings is 1. The molecule has 4 rings (SSSR count). The van der Waals surface area contributed by atoms with E-state index in [0.717, 1.165) is 16.8 Å². The zero-order valence-corrected chi connectivity index (χ0v) is 22.5. The predicted molar refractivity (Wildman–Crippen MR) is 156 cm³/mol. The lowest BCUT2D eigenvalue weighted by Gasteiger charge is -2.17. The Hall–Kier alpha value is -3.95. The Balaban J connectivity index is 1.25. The highest BCUT2D eigenvalue weighted by Gasteiger charge is 2.19. The quantitative estimate of drug-likeness (QED) is 0.211. The molecule has 0 saturated carbocycles. The molecule has 0 radical (unpaired) electrons. The van der Waals surface area contributed by atoms with Crippen LogP contribution < -0.4 is 16.0 Å². The molecule has 3 N–H and O–H groups in total. The number of nitrogens with zero attached hydrogens (tertiary/aromatic N) is 1. The van der Waals surface area contributed by atoms with Gasteiger partial charge in [0.1, 0.15) is 0 Å². The molecule has 194 valence electrons. The number of hydrogen-bond donors (Lipinski definition) is 3. The standard InChI is InChI=1S/C29H28N4O3S2/c1-20(34)30-23-12-14-24(15-13-23)31-28(36)19-37-17-25-18-38-29(32-25)33-27(35)16-26(21-8-4-2-5-9-21)22-10-6-3-7-11-22/h2-15,18,26H,16-17,19H2,1H3,(H,30,34)(H,31,36)(H,32,33,35). The van der Waals surface area contributed by atoms with E-state index in [9.17, 15) is 14.4 Å². The van der Waals surface area contributed by atoms with Crippen molar-refractivity contribution in [2.75, 3.05) is 21.7 Å². The molecule has 0 fully saturated rings. The van der Waals surface area contributed by atoms with Crippen LogP contribution in [0, 0.1) is 0 Å². The maximum atomic E-state index is 12.9. The van der Waals surface area contributed by atoms with Crippen molar-refractivity contribution in [3.8, 4) is 0 Å². The molecule has 3 amide bonds. The summed E-state index contributed by atoms with van der Waals surface area (Å²) in [6.07, 6.45) is 0.309. The molecule has 0 bridgehead atoms. The average molecular weight is 545 g/mol. The number of carbonyl (C=O) groups excluding carboxylic acids is 3. The van der Waals surface area contributed by atoms with E-state index in [1.807, 2.05) is 66.0 Å². The van der Waals surface area contributed by atoms with Gasteiger partial charge in [0.05, 0.1) is 11.4 Å². The summed E-state index contributed by atoms with van der Waals surface area (Å²) in [7, 11) is 0. The number of rotatable bonds is 11. The third-order valence-corrected chi connectivity index (χ3v) is 7.34. The summed E-state index contributed by atoms with van der Waals surface area (Å²) in [6.45, 7) is 1.44. The smallest absolute Gasteiger partial charge is 0.234 e. The summed E-state index contributed by atoms with van der Waals surface area (Å²) >= 11 is 2.82. The first kappa shape index (κ1) is 27.1. The lowest BCUT2D eigenvalue weighted by molar-refractivity contribution is -0.116. The second-order valence-electron chi connectivity index (χ2n) is 8.57. The third kappa shape index (κ3) is 8.29. The molecule has 0 aliphatic rings. The molecule has 1 heterocycles. The molecule has 0 saturated heterocycles. The lowest BCUT2D eigenvalue weighted by atomic mass is 9.88. The molecule has 0 aliphatic carbocycles. The Labute approximate surface area is 230 Å². The molecule has 0 unspecified atom stereocenters. The van der Waals surface area contributed by atoms with E-state index >= 15 is 0 Å². The van der Waals surface area contributed by atoms with E-state index < -0.39 is 0 Å². The molecular formula is C29H28N4O3S2. The van der Waals surface area contributed by atoms with Gasteiger partial charge in [-0.25, -0.2) is 4.98 Å². The molecule has 3 aromatic carbocycles. The summed E-state index contributed by atoms with van der Waals surface area (Å²) in [5.74, 6) is 0.401. The van der Waals surface area contributed by atoms with Crippen molar-refractivity contribution in [1.82, 2.24) is 4.98 Å². The SMILES string of the molecule is CC(=O)Nc1ccc(NC(=O)CSCc2csc(NC(=O)CC(c3ccccc3)c3ccccc3)n2)cc1. The fraction of sp³-hybridized carbons (Fsp3) is 0.172. The largest absolute Gasteiger partial charge is 0.326 e. The van der Waals surface area contributed by atoms with Gasteiger partial charge in [-0.3, -0.25) is 14.4 Å².